The molecular formula is C21H21F3N2O3. The van der Waals surface area contributed by atoms with Crippen molar-refractivity contribution < 1.29 is 27.2 Å². The lowest BCUT2D eigenvalue weighted by atomic mass is 9.96. The largest absolute Gasteiger partial charge is 0.465 e. The third-order valence-corrected chi connectivity index (χ3v) is 4.89. The Hall–Kier alpha value is -3.03. The number of halogens is 3. The van der Waals surface area contributed by atoms with Gasteiger partial charge in [0.15, 0.2) is 0 Å². The molecule has 1 saturated heterocycles. The summed E-state index contributed by atoms with van der Waals surface area (Å²) in [6, 6.07) is 7.64. The molecule has 0 unspecified atom stereocenters. The minimum absolute atomic E-state index is 0.0892. The van der Waals surface area contributed by atoms with E-state index in [4.69, 9.17) is 4.42 Å². The Labute approximate surface area is 166 Å². The molecular weight excluding hydrogens is 385 g/mol. The summed E-state index contributed by atoms with van der Waals surface area (Å²) in [6.45, 7) is 1.59. The summed E-state index contributed by atoms with van der Waals surface area (Å²) in [5.41, 5.74) is -0.596. The minimum Gasteiger partial charge on any atom is -0.465 e. The SMILES string of the molecule is O=C(NCC1CCN(C(=O)C=Cc2ccco2)CC1)c1ccc(C(F)(F)F)cc1. The molecule has 1 fully saturated rings. The van der Waals surface area contributed by atoms with E-state index in [1.54, 1.807) is 23.1 Å². The number of nitrogens with one attached hydrogen (secondary N) is 1. The number of furan rings is 1. The Morgan fingerprint density at radius 2 is 1.83 bits per heavy atom. The van der Waals surface area contributed by atoms with Crippen LogP contribution in [0.4, 0.5) is 13.2 Å². The standard InChI is InChI=1S/C21H21F3N2O3/c22-21(23,24)17-5-3-16(4-6-17)20(28)25-14-15-9-11-26(12-10-15)19(27)8-7-18-2-1-13-29-18/h1-8,13,15H,9-12,14H2,(H,25,28). The lowest BCUT2D eigenvalue weighted by Gasteiger charge is -2.31. The van der Waals surface area contributed by atoms with Crippen molar-refractivity contribution in [3.8, 4) is 0 Å². The molecule has 8 heteroatoms. The number of piperidine rings is 1. The fraction of sp³-hybridized carbons (Fsp3) is 0.333. The summed E-state index contributed by atoms with van der Waals surface area (Å²) in [7, 11) is 0. The zero-order chi connectivity index (χ0) is 20.9. The third kappa shape index (κ3) is 5.73. The first-order valence-electron chi connectivity index (χ1n) is 9.29. The van der Waals surface area contributed by atoms with Gasteiger partial charge < -0.3 is 14.6 Å². The average molecular weight is 406 g/mol. The molecule has 0 atom stereocenters. The maximum absolute atomic E-state index is 12.6. The van der Waals surface area contributed by atoms with Gasteiger partial charge in [0.2, 0.25) is 5.91 Å². The van der Waals surface area contributed by atoms with Crippen LogP contribution < -0.4 is 5.32 Å². The first-order chi connectivity index (χ1) is 13.8. The van der Waals surface area contributed by atoms with Gasteiger partial charge >= 0.3 is 6.18 Å². The molecule has 29 heavy (non-hydrogen) atoms. The van der Waals surface area contributed by atoms with Crippen molar-refractivity contribution in [3.63, 3.8) is 0 Å². The number of hydrogen-bond acceptors (Lipinski definition) is 3. The molecule has 154 valence electrons. The highest BCUT2D eigenvalue weighted by molar-refractivity contribution is 5.94. The van der Waals surface area contributed by atoms with Gasteiger partial charge in [0, 0.05) is 31.3 Å². The summed E-state index contributed by atoms with van der Waals surface area (Å²) in [6.07, 6.45) is 1.70. The van der Waals surface area contributed by atoms with E-state index in [-0.39, 0.29) is 17.4 Å². The first kappa shape index (κ1) is 20.7. The Kier molecular flexibility index (Phi) is 6.41. The molecule has 1 aliphatic heterocycles. The summed E-state index contributed by atoms with van der Waals surface area (Å²) >= 11 is 0. The zero-order valence-electron chi connectivity index (χ0n) is 15.6. The normalized spacial score (nSPS) is 15.6. The van der Waals surface area contributed by atoms with Gasteiger partial charge in [-0.05, 0) is 61.2 Å². The maximum atomic E-state index is 12.6. The molecule has 3 rings (SSSR count). The van der Waals surface area contributed by atoms with E-state index < -0.39 is 17.6 Å². The van der Waals surface area contributed by atoms with Crippen molar-refractivity contribution in [1.29, 1.82) is 0 Å². The molecule has 1 N–H and O–H groups in total. The highest BCUT2D eigenvalue weighted by Gasteiger charge is 2.30. The highest BCUT2D eigenvalue weighted by Crippen LogP contribution is 2.29. The second-order valence-corrected chi connectivity index (χ2v) is 6.90. The predicted octanol–water partition coefficient (Wildman–Crippen LogP) is 3.98. The lowest BCUT2D eigenvalue weighted by Crippen LogP contribution is -2.41. The Bertz CT molecular complexity index is 850. The van der Waals surface area contributed by atoms with Gasteiger partial charge in [0.05, 0.1) is 11.8 Å². The number of carbonyl (C=O) groups excluding carboxylic acids is 2. The Morgan fingerprint density at radius 3 is 2.41 bits per heavy atom. The van der Waals surface area contributed by atoms with Gasteiger partial charge in [-0.25, -0.2) is 0 Å². The van der Waals surface area contributed by atoms with E-state index in [0.29, 0.717) is 25.4 Å². The van der Waals surface area contributed by atoms with Crippen LogP contribution in [0.5, 0.6) is 0 Å². The van der Waals surface area contributed by atoms with Gasteiger partial charge in [0.1, 0.15) is 5.76 Å². The number of rotatable bonds is 5. The second kappa shape index (κ2) is 8.98. The average Bonchev–Trinajstić information content (AvgIpc) is 3.24. The Balaban J connectivity index is 1.42. The number of nitrogens with zero attached hydrogens (tertiary/aromatic N) is 1. The van der Waals surface area contributed by atoms with Gasteiger partial charge in [0.25, 0.3) is 5.91 Å². The monoisotopic (exact) mass is 406 g/mol. The van der Waals surface area contributed by atoms with E-state index >= 15 is 0 Å². The van der Waals surface area contributed by atoms with Crippen molar-refractivity contribution in [2.75, 3.05) is 19.6 Å². The van der Waals surface area contributed by atoms with E-state index in [1.165, 1.54) is 24.5 Å². The number of alkyl halides is 3. The number of hydrogen-bond donors (Lipinski definition) is 1. The fourth-order valence-electron chi connectivity index (χ4n) is 3.15. The van der Waals surface area contributed by atoms with Crippen LogP contribution in [0.15, 0.2) is 53.2 Å². The van der Waals surface area contributed by atoms with Crippen molar-refractivity contribution >= 4 is 17.9 Å². The maximum Gasteiger partial charge on any atom is 0.416 e. The van der Waals surface area contributed by atoms with Crippen LogP contribution in [0.1, 0.15) is 34.5 Å². The molecule has 2 aromatic rings. The molecule has 0 radical (unpaired) electrons. The molecule has 5 nitrogen and oxygen atoms in total. The van der Waals surface area contributed by atoms with Crippen molar-refractivity contribution in [3.05, 3.63) is 65.6 Å². The Morgan fingerprint density at radius 1 is 1.14 bits per heavy atom. The summed E-state index contributed by atoms with van der Waals surface area (Å²) in [5, 5.41) is 2.76. The number of likely N-dealkylation sites (tertiary alicyclic amines) is 1. The van der Waals surface area contributed by atoms with Crippen LogP contribution in [-0.2, 0) is 11.0 Å². The summed E-state index contributed by atoms with van der Waals surface area (Å²) in [4.78, 5) is 26.1. The van der Waals surface area contributed by atoms with E-state index in [0.717, 1.165) is 25.0 Å². The predicted molar refractivity (Wildman–Crippen MR) is 101 cm³/mol. The van der Waals surface area contributed by atoms with Crippen LogP contribution in [0.25, 0.3) is 6.08 Å². The fourth-order valence-corrected chi connectivity index (χ4v) is 3.15. The zero-order valence-corrected chi connectivity index (χ0v) is 15.6. The smallest absolute Gasteiger partial charge is 0.416 e. The molecule has 2 amide bonds. The quantitative estimate of drug-likeness (QED) is 0.764. The van der Waals surface area contributed by atoms with Crippen LogP contribution in [0, 0.1) is 5.92 Å². The van der Waals surface area contributed by atoms with Crippen molar-refractivity contribution in [2.45, 2.75) is 19.0 Å². The molecule has 0 bridgehead atoms. The van der Waals surface area contributed by atoms with Crippen LogP contribution in [-0.4, -0.2) is 36.3 Å². The number of carbonyl (C=O) groups is 2. The molecule has 1 aliphatic rings. The highest BCUT2D eigenvalue weighted by atomic mass is 19.4. The molecule has 0 spiro atoms. The van der Waals surface area contributed by atoms with E-state index in [9.17, 15) is 22.8 Å². The minimum atomic E-state index is -4.42. The van der Waals surface area contributed by atoms with Gasteiger partial charge in [-0.1, -0.05) is 0 Å². The van der Waals surface area contributed by atoms with Crippen LogP contribution in [0.3, 0.4) is 0 Å². The topological polar surface area (TPSA) is 62.6 Å². The van der Waals surface area contributed by atoms with Crippen molar-refractivity contribution in [2.24, 2.45) is 5.92 Å². The van der Waals surface area contributed by atoms with Crippen LogP contribution >= 0.6 is 0 Å². The number of amides is 2. The van der Waals surface area contributed by atoms with Crippen molar-refractivity contribution in [1.82, 2.24) is 10.2 Å². The lowest BCUT2D eigenvalue weighted by molar-refractivity contribution is -0.137. The molecule has 1 aromatic heterocycles. The molecule has 2 heterocycles. The van der Waals surface area contributed by atoms with Crippen LogP contribution in [0.2, 0.25) is 0 Å². The van der Waals surface area contributed by atoms with Gasteiger partial charge in [-0.2, -0.15) is 13.2 Å². The molecule has 0 aliphatic carbocycles. The van der Waals surface area contributed by atoms with Gasteiger partial charge in [-0.3, -0.25) is 9.59 Å². The summed E-state index contributed by atoms with van der Waals surface area (Å²) in [5.74, 6) is 0.331. The molecule has 1 aromatic carbocycles. The first-order valence-corrected chi connectivity index (χ1v) is 9.29. The molecule has 0 saturated carbocycles. The van der Waals surface area contributed by atoms with Gasteiger partial charge in [-0.15, -0.1) is 0 Å². The van der Waals surface area contributed by atoms with E-state index in [2.05, 4.69) is 5.32 Å². The summed E-state index contributed by atoms with van der Waals surface area (Å²) < 4.78 is 42.9. The second-order valence-electron chi connectivity index (χ2n) is 6.90. The number of benzene rings is 1. The van der Waals surface area contributed by atoms with E-state index in [1.807, 2.05) is 0 Å². The third-order valence-electron chi connectivity index (χ3n) is 4.89.